The van der Waals surface area contributed by atoms with Gasteiger partial charge in [-0.2, -0.15) is 0 Å². The van der Waals surface area contributed by atoms with E-state index in [1.807, 2.05) is 0 Å². The molecule has 12 heteroatoms. The molecule has 0 bridgehead atoms. The fraction of sp³-hybridized carbons (Fsp3) is 0.895. The Bertz CT molecular complexity index is 1160. The first kappa shape index (κ1) is 41.5. The first-order valence-corrected chi connectivity index (χ1v) is 18.7. The Labute approximate surface area is 301 Å². The molecule has 3 saturated carbocycles. The van der Waals surface area contributed by atoms with Gasteiger partial charge in [-0.1, -0.05) is 69.2 Å². The number of hydrogen-bond donors (Lipinski definition) is 4. The average Bonchev–Trinajstić information content (AvgIpc) is 2.93. The Balaban J connectivity index is 1.30. The number of ether oxygens (including phenoxy) is 4. The molecule has 0 heterocycles. The highest BCUT2D eigenvalue weighted by molar-refractivity contribution is 5.69. The minimum atomic E-state index is -0.584. The second kappa shape index (κ2) is 17.1. The zero-order chi connectivity index (χ0) is 37.4. The first-order chi connectivity index (χ1) is 23.0. The van der Waals surface area contributed by atoms with E-state index >= 15 is 0 Å². The SMILES string of the molecule is CC1CC(C)(C)CCC1CNC(=O)OCCOC(=O)NC1CC(C)(C)CC(C)(CNC(=O)OCCOC(=O)NC2CC(C)(C)CC(C)(C)C2)C1. The fourth-order valence-corrected chi connectivity index (χ4v) is 9.68. The molecule has 0 aromatic heterocycles. The van der Waals surface area contributed by atoms with Gasteiger partial charge >= 0.3 is 24.4 Å². The van der Waals surface area contributed by atoms with Crippen molar-refractivity contribution >= 4 is 24.4 Å². The quantitative estimate of drug-likeness (QED) is 0.120. The third kappa shape index (κ3) is 14.7. The summed E-state index contributed by atoms with van der Waals surface area (Å²) in [5.41, 5.74) is 0.251. The molecule has 288 valence electrons. The van der Waals surface area contributed by atoms with E-state index < -0.39 is 24.4 Å². The molecule has 0 spiro atoms. The number of carbonyl (C=O) groups excluding carboxylic acids is 4. The predicted molar refractivity (Wildman–Crippen MR) is 193 cm³/mol. The lowest BCUT2D eigenvalue weighted by Crippen LogP contribution is -2.50. The van der Waals surface area contributed by atoms with E-state index in [0.717, 1.165) is 51.4 Å². The molecule has 3 aliphatic carbocycles. The molecule has 4 atom stereocenters. The molecule has 0 aliphatic heterocycles. The molecule has 0 radical (unpaired) electrons. The molecule has 0 aromatic rings. The summed E-state index contributed by atoms with van der Waals surface area (Å²) in [5.74, 6) is 0.982. The monoisotopic (exact) mass is 709 g/mol. The second-order valence-corrected chi connectivity index (χ2v) is 19.1. The topological polar surface area (TPSA) is 153 Å². The largest absolute Gasteiger partial charge is 0.446 e. The second-order valence-electron chi connectivity index (χ2n) is 19.1. The van der Waals surface area contributed by atoms with Gasteiger partial charge in [0.05, 0.1) is 0 Å². The molecule has 12 nitrogen and oxygen atoms in total. The minimum Gasteiger partial charge on any atom is -0.446 e. The number of carbonyl (C=O) groups is 4. The molecular weight excluding hydrogens is 640 g/mol. The lowest BCUT2D eigenvalue weighted by Gasteiger charge is -2.46. The van der Waals surface area contributed by atoms with Gasteiger partial charge in [-0.05, 0) is 96.7 Å². The van der Waals surface area contributed by atoms with Crippen LogP contribution in [0.25, 0.3) is 0 Å². The van der Waals surface area contributed by atoms with Gasteiger partial charge < -0.3 is 40.2 Å². The van der Waals surface area contributed by atoms with Crippen LogP contribution in [-0.2, 0) is 18.9 Å². The van der Waals surface area contributed by atoms with Gasteiger partial charge in [0.15, 0.2) is 0 Å². The summed E-state index contributed by atoms with van der Waals surface area (Å²) in [6, 6.07) is -0.112. The van der Waals surface area contributed by atoms with Gasteiger partial charge in [-0.25, -0.2) is 19.2 Å². The maximum atomic E-state index is 12.6. The third-order valence-electron chi connectivity index (χ3n) is 10.8. The molecule has 0 aromatic carbocycles. The van der Waals surface area contributed by atoms with Gasteiger partial charge in [0.1, 0.15) is 26.4 Å². The lowest BCUT2D eigenvalue weighted by molar-refractivity contribution is 0.0549. The Kier molecular flexibility index (Phi) is 14.2. The predicted octanol–water partition coefficient (Wildman–Crippen LogP) is 7.54. The van der Waals surface area contributed by atoms with Crippen LogP contribution in [-0.4, -0.2) is 76.0 Å². The van der Waals surface area contributed by atoms with Gasteiger partial charge in [0, 0.05) is 25.2 Å². The normalized spacial score (nSPS) is 28.3. The summed E-state index contributed by atoms with van der Waals surface area (Å²) in [7, 11) is 0. The van der Waals surface area contributed by atoms with E-state index in [1.54, 1.807) is 0 Å². The van der Waals surface area contributed by atoms with Crippen LogP contribution in [0.1, 0.15) is 127 Å². The van der Waals surface area contributed by atoms with E-state index in [1.165, 1.54) is 0 Å². The van der Waals surface area contributed by atoms with E-state index in [9.17, 15) is 19.2 Å². The maximum Gasteiger partial charge on any atom is 0.407 e. The van der Waals surface area contributed by atoms with Crippen molar-refractivity contribution in [1.82, 2.24) is 21.3 Å². The van der Waals surface area contributed by atoms with Gasteiger partial charge in [-0.15, -0.1) is 0 Å². The van der Waals surface area contributed by atoms with E-state index in [-0.39, 0.29) is 60.2 Å². The highest BCUT2D eigenvalue weighted by Gasteiger charge is 2.42. The Morgan fingerprint density at radius 2 is 1.00 bits per heavy atom. The van der Waals surface area contributed by atoms with Crippen LogP contribution in [0, 0.1) is 38.9 Å². The van der Waals surface area contributed by atoms with Crippen molar-refractivity contribution in [3.05, 3.63) is 0 Å². The molecular formula is C38H68N4O8. The molecule has 4 unspecified atom stereocenters. The Hall–Kier alpha value is -2.92. The maximum absolute atomic E-state index is 12.6. The van der Waals surface area contributed by atoms with Crippen molar-refractivity contribution in [1.29, 1.82) is 0 Å². The Morgan fingerprint density at radius 1 is 0.560 bits per heavy atom. The number of amides is 4. The number of hydrogen-bond acceptors (Lipinski definition) is 8. The molecule has 3 aliphatic rings. The highest BCUT2D eigenvalue weighted by Crippen LogP contribution is 2.47. The third-order valence-corrected chi connectivity index (χ3v) is 10.8. The number of nitrogens with one attached hydrogen (secondary N) is 4. The van der Waals surface area contributed by atoms with Gasteiger partial charge in [0.25, 0.3) is 0 Å². The van der Waals surface area contributed by atoms with Crippen molar-refractivity contribution in [3.8, 4) is 0 Å². The molecule has 4 N–H and O–H groups in total. The van der Waals surface area contributed by atoms with Crippen LogP contribution in [0.2, 0.25) is 0 Å². The van der Waals surface area contributed by atoms with Crippen molar-refractivity contribution < 1.29 is 38.1 Å². The van der Waals surface area contributed by atoms with E-state index in [4.69, 9.17) is 18.9 Å². The Morgan fingerprint density at radius 3 is 1.50 bits per heavy atom. The molecule has 3 rings (SSSR count). The summed E-state index contributed by atoms with van der Waals surface area (Å²) in [4.78, 5) is 49.7. The van der Waals surface area contributed by atoms with Crippen LogP contribution in [0.4, 0.5) is 19.2 Å². The zero-order valence-corrected chi connectivity index (χ0v) is 32.7. The van der Waals surface area contributed by atoms with Crippen molar-refractivity contribution in [2.24, 2.45) is 38.9 Å². The number of rotatable bonds is 12. The molecule has 0 saturated heterocycles. The average molecular weight is 709 g/mol. The van der Waals surface area contributed by atoms with Crippen LogP contribution in [0.15, 0.2) is 0 Å². The first-order valence-electron chi connectivity index (χ1n) is 18.7. The van der Waals surface area contributed by atoms with Crippen LogP contribution >= 0.6 is 0 Å². The fourth-order valence-electron chi connectivity index (χ4n) is 9.68. The lowest BCUT2D eigenvalue weighted by atomic mass is 9.62. The van der Waals surface area contributed by atoms with Crippen LogP contribution in [0.5, 0.6) is 0 Å². The summed E-state index contributed by atoms with van der Waals surface area (Å²) < 4.78 is 21.1. The summed E-state index contributed by atoms with van der Waals surface area (Å²) in [6.45, 7) is 22.9. The molecule has 4 amide bonds. The summed E-state index contributed by atoms with van der Waals surface area (Å²) in [6.07, 6.45) is 6.37. The molecule has 50 heavy (non-hydrogen) atoms. The van der Waals surface area contributed by atoms with Crippen LogP contribution < -0.4 is 21.3 Å². The van der Waals surface area contributed by atoms with Gasteiger partial charge in [0.2, 0.25) is 0 Å². The van der Waals surface area contributed by atoms with Gasteiger partial charge in [-0.3, -0.25) is 0 Å². The van der Waals surface area contributed by atoms with Crippen molar-refractivity contribution in [2.45, 2.75) is 139 Å². The van der Waals surface area contributed by atoms with Crippen LogP contribution in [0.3, 0.4) is 0 Å². The van der Waals surface area contributed by atoms with Crippen molar-refractivity contribution in [3.63, 3.8) is 0 Å². The minimum absolute atomic E-state index is 0.0284. The zero-order valence-electron chi connectivity index (χ0n) is 32.7. The summed E-state index contributed by atoms with van der Waals surface area (Å²) in [5, 5.41) is 11.6. The standard InChI is InChI=1S/C38H68N4O8/c1-26-17-34(2,3)12-11-27(26)22-39-30(43)47-13-15-50-33(46)42-29-20-37(8,9)24-38(10,21-29)25-40-31(44)48-14-16-49-32(45)41-28-18-35(4,5)23-36(6,7)19-28/h26-29H,11-25H2,1-10H3,(H,39,43)(H,40,44)(H,41,45)(H,42,46). The smallest absolute Gasteiger partial charge is 0.407 e. The van der Waals surface area contributed by atoms with E-state index in [2.05, 4.69) is 90.5 Å². The highest BCUT2D eigenvalue weighted by atomic mass is 16.6. The molecule has 3 fully saturated rings. The summed E-state index contributed by atoms with van der Waals surface area (Å²) >= 11 is 0. The number of alkyl carbamates (subject to hydrolysis) is 4. The van der Waals surface area contributed by atoms with E-state index in [0.29, 0.717) is 36.8 Å². The van der Waals surface area contributed by atoms with Crippen molar-refractivity contribution in [2.75, 3.05) is 39.5 Å².